The molecule has 1 aliphatic heterocycles. The fourth-order valence-electron chi connectivity index (χ4n) is 3.40. The Kier molecular flexibility index (Phi) is 6.21. The van der Waals surface area contributed by atoms with Crippen LogP contribution in [0.4, 0.5) is 5.82 Å². The summed E-state index contributed by atoms with van der Waals surface area (Å²) < 4.78 is 0. The molecule has 2 aliphatic rings. The monoisotopic (exact) mass is 360 g/mol. The second-order valence-corrected chi connectivity index (χ2v) is 7.27. The van der Waals surface area contributed by atoms with Crippen molar-refractivity contribution in [3.63, 3.8) is 0 Å². The van der Waals surface area contributed by atoms with Crippen molar-refractivity contribution in [2.45, 2.75) is 38.1 Å². The van der Waals surface area contributed by atoms with Crippen molar-refractivity contribution in [3.05, 3.63) is 23.9 Å². The van der Waals surface area contributed by atoms with E-state index in [0.29, 0.717) is 17.4 Å². The third-order valence-corrected chi connectivity index (χ3v) is 5.25. The molecule has 142 valence electrons. The lowest BCUT2D eigenvalue weighted by molar-refractivity contribution is -0.117. The van der Waals surface area contributed by atoms with Crippen molar-refractivity contribution < 1.29 is 14.7 Å². The minimum atomic E-state index is -0.00854. The zero-order valence-corrected chi connectivity index (χ0v) is 15.4. The molecule has 26 heavy (non-hydrogen) atoms. The van der Waals surface area contributed by atoms with Crippen molar-refractivity contribution >= 4 is 17.6 Å². The van der Waals surface area contributed by atoms with Gasteiger partial charge in [-0.05, 0) is 51.3 Å². The Morgan fingerprint density at radius 2 is 2.04 bits per heavy atom. The molecule has 0 spiro atoms. The molecule has 7 heteroatoms. The van der Waals surface area contributed by atoms with Gasteiger partial charge in [-0.25, -0.2) is 4.98 Å². The Morgan fingerprint density at radius 1 is 1.31 bits per heavy atom. The lowest BCUT2D eigenvalue weighted by Crippen LogP contribution is -2.45. The molecule has 0 radical (unpaired) electrons. The van der Waals surface area contributed by atoms with Crippen LogP contribution in [-0.2, 0) is 4.79 Å². The summed E-state index contributed by atoms with van der Waals surface area (Å²) in [7, 11) is 2.08. The van der Waals surface area contributed by atoms with Crippen LogP contribution < -0.4 is 5.32 Å². The SMILES string of the molecule is CN(CCCO)C1CCN(C(=O)c2ccnc(NC(=O)C3CC3)c2)CC1. The van der Waals surface area contributed by atoms with Crippen molar-refractivity contribution in [1.29, 1.82) is 0 Å². The Morgan fingerprint density at radius 3 is 2.69 bits per heavy atom. The first-order chi connectivity index (χ1) is 12.6. The normalized spacial score (nSPS) is 18.2. The van der Waals surface area contributed by atoms with Gasteiger partial charge >= 0.3 is 0 Å². The van der Waals surface area contributed by atoms with E-state index >= 15 is 0 Å². The van der Waals surface area contributed by atoms with Crippen molar-refractivity contribution in [3.8, 4) is 0 Å². The van der Waals surface area contributed by atoms with Crippen molar-refractivity contribution in [1.82, 2.24) is 14.8 Å². The number of aromatic nitrogens is 1. The zero-order chi connectivity index (χ0) is 18.5. The first-order valence-electron chi connectivity index (χ1n) is 9.46. The van der Waals surface area contributed by atoms with E-state index < -0.39 is 0 Å². The minimum absolute atomic E-state index is 0.00571. The van der Waals surface area contributed by atoms with Crippen LogP contribution in [0.15, 0.2) is 18.3 Å². The van der Waals surface area contributed by atoms with Crippen LogP contribution in [0.25, 0.3) is 0 Å². The van der Waals surface area contributed by atoms with E-state index in [-0.39, 0.29) is 24.3 Å². The van der Waals surface area contributed by atoms with E-state index in [2.05, 4.69) is 22.2 Å². The molecule has 2 heterocycles. The molecule has 1 saturated carbocycles. The van der Waals surface area contributed by atoms with Crippen LogP contribution in [0.1, 0.15) is 42.5 Å². The van der Waals surface area contributed by atoms with Gasteiger partial charge in [0.05, 0.1) is 0 Å². The Balaban J connectivity index is 1.54. The number of hydrogen-bond donors (Lipinski definition) is 2. The summed E-state index contributed by atoms with van der Waals surface area (Å²) >= 11 is 0. The molecule has 2 fully saturated rings. The average molecular weight is 360 g/mol. The number of nitrogens with one attached hydrogen (secondary N) is 1. The van der Waals surface area contributed by atoms with E-state index in [1.807, 2.05) is 4.90 Å². The van der Waals surface area contributed by atoms with Crippen molar-refractivity contribution in [2.75, 3.05) is 38.6 Å². The molecule has 2 amide bonds. The molecular weight excluding hydrogens is 332 g/mol. The quantitative estimate of drug-likeness (QED) is 0.767. The lowest BCUT2D eigenvalue weighted by Gasteiger charge is -2.36. The second kappa shape index (κ2) is 8.60. The number of amides is 2. The van der Waals surface area contributed by atoms with Gasteiger partial charge in [0, 0.05) is 50.0 Å². The van der Waals surface area contributed by atoms with E-state index in [1.165, 1.54) is 0 Å². The summed E-state index contributed by atoms with van der Waals surface area (Å²) in [6.07, 6.45) is 6.10. The van der Waals surface area contributed by atoms with Gasteiger partial charge in [0.1, 0.15) is 5.82 Å². The molecule has 7 nitrogen and oxygen atoms in total. The van der Waals surface area contributed by atoms with Gasteiger partial charge in [-0.3, -0.25) is 9.59 Å². The van der Waals surface area contributed by atoms with E-state index in [9.17, 15) is 9.59 Å². The van der Waals surface area contributed by atoms with Crippen LogP contribution in [0.3, 0.4) is 0 Å². The molecule has 2 N–H and O–H groups in total. The maximum Gasteiger partial charge on any atom is 0.254 e. The number of rotatable bonds is 7. The third-order valence-electron chi connectivity index (χ3n) is 5.25. The van der Waals surface area contributed by atoms with E-state index in [4.69, 9.17) is 5.11 Å². The molecule has 1 aromatic heterocycles. The first kappa shape index (κ1) is 18.8. The summed E-state index contributed by atoms with van der Waals surface area (Å²) in [5, 5.41) is 11.8. The average Bonchev–Trinajstić information content (AvgIpc) is 3.51. The maximum absolute atomic E-state index is 12.8. The largest absolute Gasteiger partial charge is 0.396 e. The smallest absolute Gasteiger partial charge is 0.254 e. The van der Waals surface area contributed by atoms with Gasteiger partial charge in [0.2, 0.25) is 5.91 Å². The predicted octanol–water partition coefficient (Wildman–Crippen LogP) is 1.35. The lowest BCUT2D eigenvalue weighted by atomic mass is 10.0. The standard InChI is InChI=1S/C19H28N4O3/c1-22(9-2-12-24)16-6-10-23(11-7-16)19(26)15-5-8-20-17(13-15)21-18(25)14-3-4-14/h5,8,13-14,16,24H,2-4,6-7,9-12H2,1H3,(H,20,21,25). The predicted molar refractivity (Wildman–Crippen MR) is 98.8 cm³/mol. The molecule has 1 aromatic rings. The number of hydrogen-bond acceptors (Lipinski definition) is 5. The van der Waals surface area contributed by atoms with Gasteiger partial charge in [0.15, 0.2) is 0 Å². The fourth-order valence-corrected chi connectivity index (χ4v) is 3.40. The molecule has 0 aromatic carbocycles. The van der Waals surface area contributed by atoms with Crippen LogP contribution >= 0.6 is 0 Å². The number of piperidine rings is 1. The highest BCUT2D eigenvalue weighted by atomic mass is 16.3. The number of carbonyl (C=O) groups excluding carboxylic acids is 2. The van der Waals surface area contributed by atoms with E-state index in [1.54, 1.807) is 18.3 Å². The number of aliphatic hydroxyl groups is 1. The fraction of sp³-hybridized carbons (Fsp3) is 0.632. The Hall–Kier alpha value is -1.99. The van der Waals surface area contributed by atoms with Gasteiger partial charge in [-0.1, -0.05) is 0 Å². The summed E-state index contributed by atoms with van der Waals surface area (Å²) in [6, 6.07) is 3.83. The first-order valence-corrected chi connectivity index (χ1v) is 9.46. The van der Waals surface area contributed by atoms with Gasteiger partial charge in [-0.15, -0.1) is 0 Å². The van der Waals surface area contributed by atoms with Crippen LogP contribution in [0.5, 0.6) is 0 Å². The van der Waals surface area contributed by atoms with Gasteiger partial charge < -0.3 is 20.2 Å². The molecule has 0 unspecified atom stereocenters. The molecule has 1 saturated heterocycles. The number of anilines is 1. The number of aliphatic hydroxyl groups excluding tert-OH is 1. The maximum atomic E-state index is 12.8. The molecular formula is C19H28N4O3. The number of nitrogens with zero attached hydrogens (tertiary/aromatic N) is 3. The molecule has 3 rings (SSSR count). The van der Waals surface area contributed by atoms with E-state index in [0.717, 1.165) is 51.7 Å². The molecule has 0 bridgehead atoms. The summed E-state index contributed by atoms with van der Waals surface area (Å²) in [5.41, 5.74) is 0.568. The van der Waals surface area contributed by atoms with Gasteiger partial charge in [-0.2, -0.15) is 0 Å². The summed E-state index contributed by atoms with van der Waals surface area (Å²) in [6.45, 7) is 2.53. The summed E-state index contributed by atoms with van der Waals surface area (Å²) in [5.74, 6) is 0.545. The Labute approximate surface area is 154 Å². The highest BCUT2D eigenvalue weighted by Crippen LogP contribution is 2.30. The summed E-state index contributed by atoms with van der Waals surface area (Å²) in [4.78, 5) is 32.9. The van der Waals surface area contributed by atoms with Crippen LogP contribution in [0.2, 0.25) is 0 Å². The zero-order valence-electron chi connectivity index (χ0n) is 15.4. The number of carbonyl (C=O) groups is 2. The van der Waals surface area contributed by atoms with Crippen LogP contribution in [0, 0.1) is 5.92 Å². The topological polar surface area (TPSA) is 85.8 Å². The minimum Gasteiger partial charge on any atom is -0.396 e. The van der Waals surface area contributed by atoms with Gasteiger partial charge in [0.25, 0.3) is 5.91 Å². The number of likely N-dealkylation sites (tertiary alicyclic amines) is 1. The Bertz CT molecular complexity index is 639. The molecule has 0 atom stereocenters. The third kappa shape index (κ3) is 4.80. The van der Waals surface area contributed by atoms with Crippen molar-refractivity contribution in [2.24, 2.45) is 5.92 Å². The second-order valence-electron chi connectivity index (χ2n) is 7.27. The highest BCUT2D eigenvalue weighted by Gasteiger charge is 2.30. The van der Waals surface area contributed by atoms with Crippen LogP contribution in [-0.4, -0.2) is 71.0 Å². The highest BCUT2D eigenvalue weighted by molar-refractivity contribution is 5.97. The number of pyridine rings is 1. The molecule has 1 aliphatic carbocycles.